The van der Waals surface area contributed by atoms with Crippen molar-refractivity contribution in [2.45, 2.75) is 0 Å². The van der Waals surface area contributed by atoms with Crippen LogP contribution in [0, 0.1) is 0 Å². The second-order valence-electron chi connectivity index (χ2n) is 7.47. The molecule has 0 unspecified atom stereocenters. The average molecular weight is 492 g/mol. The van der Waals surface area contributed by atoms with Gasteiger partial charge in [0, 0.05) is 11.6 Å². The lowest BCUT2D eigenvalue weighted by atomic mass is 10.1. The van der Waals surface area contributed by atoms with E-state index in [1.807, 2.05) is 30.4 Å². The van der Waals surface area contributed by atoms with Gasteiger partial charge in [-0.1, -0.05) is 24.3 Å². The van der Waals surface area contributed by atoms with Gasteiger partial charge in [-0.15, -0.1) is 0 Å². The summed E-state index contributed by atoms with van der Waals surface area (Å²) >= 11 is 0. The molecule has 0 saturated carbocycles. The number of ether oxygens (including phenoxy) is 5. The second-order valence-corrected chi connectivity index (χ2v) is 7.47. The third-order valence-electron chi connectivity index (χ3n) is 5.29. The molecule has 0 radical (unpaired) electrons. The van der Waals surface area contributed by atoms with Crippen LogP contribution in [0.25, 0.3) is 18.2 Å². The van der Waals surface area contributed by atoms with Crippen LogP contribution in [-0.4, -0.2) is 46.6 Å². The van der Waals surface area contributed by atoms with Gasteiger partial charge in [0.15, 0.2) is 23.0 Å². The van der Waals surface area contributed by atoms with Crippen LogP contribution in [0.2, 0.25) is 0 Å². The summed E-state index contributed by atoms with van der Waals surface area (Å²) in [7, 11) is 7.69. The van der Waals surface area contributed by atoms with Gasteiger partial charge in [-0.05, 0) is 53.6 Å². The number of benzene rings is 3. The van der Waals surface area contributed by atoms with Crippen molar-refractivity contribution >= 4 is 29.8 Å². The Morgan fingerprint density at radius 2 is 1.31 bits per heavy atom. The first-order chi connectivity index (χ1) is 17.4. The standard InChI is InChI=1S/C28H29NO7/c1-32-22-14-11-20(10-6-19-16-23(33-2)27(35-4)24(17-19)34-3)26(28(22)36-5)29-25(31)15-9-18-7-12-21(30)13-8-18/h6-17,30H,1-5H3,(H,29,31)/b10-6+,15-9+. The Balaban J connectivity index is 1.96. The molecule has 3 aromatic rings. The van der Waals surface area contributed by atoms with Crippen LogP contribution in [0.5, 0.6) is 34.5 Å². The number of nitrogens with one attached hydrogen (secondary N) is 1. The lowest BCUT2D eigenvalue weighted by Crippen LogP contribution is -2.11. The first kappa shape index (κ1) is 26.0. The van der Waals surface area contributed by atoms with Crippen molar-refractivity contribution in [1.29, 1.82) is 0 Å². The zero-order valence-corrected chi connectivity index (χ0v) is 20.8. The molecular formula is C28H29NO7. The normalized spacial score (nSPS) is 10.9. The molecule has 3 aromatic carbocycles. The molecule has 2 N–H and O–H groups in total. The molecule has 0 spiro atoms. The number of amides is 1. The number of anilines is 1. The minimum atomic E-state index is -0.364. The highest BCUT2D eigenvalue weighted by Gasteiger charge is 2.16. The van der Waals surface area contributed by atoms with Gasteiger partial charge >= 0.3 is 0 Å². The Labute approximate surface area is 210 Å². The monoisotopic (exact) mass is 491 g/mol. The largest absolute Gasteiger partial charge is 0.508 e. The highest BCUT2D eigenvalue weighted by molar-refractivity contribution is 6.04. The number of carbonyl (C=O) groups is 1. The molecule has 36 heavy (non-hydrogen) atoms. The van der Waals surface area contributed by atoms with E-state index in [-0.39, 0.29) is 11.7 Å². The summed E-state index contributed by atoms with van der Waals surface area (Å²) in [6, 6.07) is 13.7. The predicted octanol–water partition coefficient (Wildman–Crippen LogP) is 5.26. The zero-order valence-electron chi connectivity index (χ0n) is 20.8. The van der Waals surface area contributed by atoms with Gasteiger partial charge in [0.05, 0.1) is 41.2 Å². The maximum Gasteiger partial charge on any atom is 0.248 e. The Morgan fingerprint density at radius 3 is 1.86 bits per heavy atom. The maximum atomic E-state index is 12.8. The zero-order chi connectivity index (χ0) is 26.1. The van der Waals surface area contributed by atoms with Crippen molar-refractivity contribution in [2.24, 2.45) is 0 Å². The summed E-state index contributed by atoms with van der Waals surface area (Å²) in [6.07, 6.45) is 6.74. The molecule has 1 amide bonds. The van der Waals surface area contributed by atoms with Gasteiger partial charge < -0.3 is 34.1 Å². The summed E-state index contributed by atoms with van der Waals surface area (Å²) in [5, 5.41) is 12.3. The van der Waals surface area contributed by atoms with Crippen molar-refractivity contribution in [1.82, 2.24) is 0 Å². The smallest absolute Gasteiger partial charge is 0.248 e. The van der Waals surface area contributed by atoms with Crippen LogP contribution in [0.4, 0.5) is 5.69 Å². The average Bonchev–Trinajstić information content (AvgIpc) is 2.90. The van der Waals surface area contributed by atoms with E-state index < -0.39 is 0 Å². The van der Waals surface area contributed by atoms with Gasteiger partial charge in [-0.3, -0.25) is 4.79 Å². The molecule has 8 heteroatoms. The summed E-state index contributed by atoms with van der Waals surface area (Å²) in [5.74, 6) is 2.19. The Kier molecular flexibility index (Phi) is 8.83. The summed E-state index contributed by atoms with van der Waals surface area (Å²) in [4.78, 5) is 12.8. The lowest BCUT2D eigenvalue weighted by Gasteiger charge is -2.16. The number of phenols is 1. The van der Waals surface area contributed by atoms with Crippen LogP contribution in [-0.2, 0) is 4.79 Å². The molecule has 8 nitrogen and oxygen atoms in total. The van der Waals surface area contributed by atoms with E-state index in [0.29, 0.717) is 40.0 Å². The van der Waals surface area contributed by atoms with Crippen LogP contribution in [0.15, 0.2) is 54.6 Å². The van der Waals surface area contributed by atoms with E-state index >= 15 is 0 Å². The number of rotatable bonds is 10. The summed E-state index contributed by atoms with van der Waals surface area (Å²) in [5.41, 5.74) is 2.69. The first-order valence-corrected chi connectivity index (χ1v) is 10.9. The first-order valence-electron chi connectivity index (χ1n) is 10.9. The molecule has 0 saturated heterocycles. The van der Waals surface area contributed by atoms with Gasteiger partial charge in [0.2, 0.25) is 11.7 Å². The Hall–Kier alpha value is -4.59. The van der Waals surface area contributed by atoms with E-state index in [4.69, 9.17) is 23.7 Å². The Bertz CT molecular complexity index is 1240. The van der Waals surface area contributed by atoms with Crippen molar-refractivity contribution in [2.75, 3.05) is 40.9 Å². The van der Waals surface area contributed by atoms with E-state index in [0.717, 1.165) is 11.1 Å². The van der Waals surface area contributed by atoms with Crippen LogP contribution >= 0.6 is 0 Å². The van der Waals surface area contributed by atoms with Gasteiger partial charge in [0.1, 0.15) is 5.75 Å². The summed E-state index contributed by atoms with van der Waals surface area (Å²) in [6.45, 7) is 0. The fourth-order valence-corrected chi connectivity index (χ4v) is 3.52. The highest BCUT2D eigenvalue weighted by Crippen LogP contribution is 2.40. The number of methoxy groups -OCH3 is 5. The third kappa shape index (κ3) is 6.09. The molecule has 188 valence electrons. The molecule has 3 rings (SSSR count). The minimum Gasteiger partial charge on any atom is -0.508 e. The number of phenolic OH excluding ortho intramolecular Hbond substituents is 1. The number of carbonyl (C=O) groups excluding carboxylic acids is 1. The topological polar surface area (TPSA) is 95.5 Å². The predicted molar refractivity (Wildman–Crippen MR) is 140 cm³/mol. The molecule has 0 fully saturated rings. The van der Waals surface area contributed by atoms with E-state index in [1.165, 1.54) is 20.3 Å². The molecule has 0 aliphatic heterocycles. The van der Waals surface area contributed by atoms with Gasteiger partial charge in [0.25, 0.3) is 0 Å². The van der Waals surface area contributed by atoms with Crippen molar-refractivity contribution < 1.29 is 33.6 Å². The molecule has 0 aromatic heterocycles. The number of hydrogen-bond acceptors (Lipinski definition) is 7. The molecule has 0 aliphatic rings. The fraction of sp³-hybridized carbons (Fsp3) is 0.179. The van der Waals surface area contributed by atoms with Crippen LogP contribution < -0.4 is 29.0 Å². The molecule has 0 atom stereocenters. The van der Waals surface area contributed by atoms with E-state index in [2.05, 4.69) is 5.32 Å². The van der Waals surface area contributed by atoms with Crippen LogP contribution in [0.3, 0.4) is 0 Å². The van der Waals surface area contributed by atoms with Crippen molar-refractivity contribution in [3.05, 3.63) is 71.3 Å². The molecule has 0 bridgehead atoms. The molecule has 0 heterocycles. The maximum absolute atomic E-state index is 12.8. The highest BCUT2D eigenvalue weighted by atomic mass is 16.5. The van der Waals surface area contributed by atoms with Crippen LogP contribution in [0.1, 0.15) is 16.7 Å². The van der Waals surface area contributed by atoms with E-state index in [9.17, 15) is 9.90 Å². The fourth-order valence-electron chi connectivity index (χ4n) is 3.52. The van der Waals surface area contributed by atoms with E-state index in [1.54, 1.807) is 57.7 Å². The van der Waals surface area contributed by atoms with Gasteiger partial charge in [-0.2, -0.15) is 0 Å². The molecule has 0 aliphatic carbocycles. The molecular weight excluding hydrogens is 462 g/mol. The SMILES string of the molecule is COc1cc(/C=C/c2ccc(OC)c(OC)c2NC(=O)/C=C/c2ccc(O)cc2)cc(OC)c1OC. The summed E-state index contributed by atoms with van der Waals surface area (Å²) < 4.78 is 27.2. The number of aromatic hydroxyl groups is 1. The quantitative estimate of drug-likeness (QED) is 0.295. The Morgan fingerprint density at radius 1 is 0.694 bits per heavy atom. The lowest BCUT2D eigenvalue weighted by molar-refractivity contribution is -0.111. The second kappa shape index (κ2) is 12.2. The number of hydrogen-bond donors (Lipinski definition) is 2. The minimum absolute atomic E-state index is 0.154. The van der Waals surface area contributed by atoms with Gasteiger partial charge in [-0.25, -0.2) is 0 Å². The van der Waals surface area contributed by atoms with Crippen molar-refractivity contribution in [3.8, 4) is 34.5 Å². The third-order valence-corrected chi connectivity index (χ3v) is 5.29. The van der Waals surface area contributed by atoms with Crippen molar-refractivity contribution in [3.63, 3.8) is 0 Å².